The van der Waals surface area contributed by atoms with Crippen molar-refractivity contribution in [3.05, 3.63) is 0 Å². The highest BCUT2D eigenvalue weighted by Gasteiger charge is 1.95. The fourth-order valence-electron chi connectivity index (χ4n) is 0.351. The summed E-state index contributed by atoms with van der Waals surface area (Å²) in [5.41, 5.74) is 0. The molecule has 0 amide bonds. The summed E-state index contributed by atoms with van der Waals surface area (Å²) in [6.07, 6.45) is 3.11. The van der Waals surface area contributed by atoms with E-state index in [4.69, 9.17) is 24.8 Å². The lowest BCUT2D eigenvalue weighted by atomic mass is 10.6. The van der Waals surface area contributed by atoms with Gasteiger partial charge < -0.3 is 17.6 Å². The van der Waals surface area contributed by atoms with Gasteiger partial charge in [0.25, 0.3) is 0 Å². The quantitative estimate of drug-likeness (QED) is 0.361. The Hall–Kier alpha value is -0.220. The Morgan fingerprint density at radius 3 is 2.75 bits per heavy atom. The molecule has 0 saturated heterocycles. The van der Waals surface area contributed by atoms with Crippen molar-refractivity contribution < 1.29 is 0 Å². The summed E-state index contributed by atoms with van der Waals surface area (Å²) in [4.78, 5) is 8.06. The van der Waals surface area contributed by atoms with Crippen LogP contribution in [0.5, 0.6) is 0 Å². The Labute approximate surface area is 58.1 Å². The summed E-state index contributed by atoms with van der Waals surface area (Å²) in [6.45, 7) is 0. The number of hydrogen-bond donors (Lipinski definition) is 0. The summed E-state index contributed by atoms with van der Waals surface area (Å²) in [5, 5.41) is -0.310. The van der Waals surface area contributed by atoms with Crippen molar-refractivity contribution in [2.24, 2.45) is 9.98 Å². The second kappa shape index (κ2) is 2.37. The molecule has 0 saturated carbocycles. The molecule has 1 aliphatic rings. The van der Waals surface area contributed by atoms with Crippen molar-refractivity contribution in [1.82, 2.24) is 0 Å². The Balaban J connectivity index is 2.74. The Bertz CT molecular complexity index is 161. The van der Waals surface area contributed by atoms with Crippen LogP contribution in [0.4, 0.5) is 0 Å². The molecule has 0 radical (unpaired) electrons. The van der Waals surface area contributed by atoms with Gasteiger partial charge in [0.2, 0.25) is 0 Å². The van der Waals surface area contributed by atoms with Crippen molar-refractivity contribution >= 4 is 42.3 Å². The molecule has 0 N–H and O–H groups in total. The predicted octanol–water partition coefficient (Wildman–Crippen LogP) is 0.342. The van der Waals surface area contributed by atoms with E-state index in [1.54, 1.807) is 12.4 Å². The van der Waals surface area contributed by atoms with Gasteiger partial charge in [-0.25, -0.2) is 4.99 Å². The van der Waals surface area contributed by atoms with Crippen LogP contribution >= 0.6 is 12.2 Å². The number of hydrogen-bond acceptors (Lipinski definition) is 3. The lowest BCUT2D eigenvalue weighted by Crippen LogP contribution is -2.14. The molecule has 2 nitrogen and oxygen atoms in total. The van der Waals surface area contributed by atoms with Gasteiger partial charge in [-0.05, 0) is 5.37 Å². The van der Waals surface area contributed by atoms with Gasteiger partial charge >= 0.3 is 0 Å². The summed E-state index contributed by atoms with van der Waals surface area (Å²) < 4.78 is 0. The lowest BCUT2D eigenvalue weighted by molar-refractivity contribution is 1.23. The van der Waals surface area contributed by atoms with E-state index < -0.39 is 0 Å². The van der Waals surface area contributed by atoms with Crippen LogP contribution in [-0.4, -0.2) is 22.8 Å². The fraction of sp³-hybridized carbons (Fsp3) is 0.250. The largest absolute Gasteiger partial charge is 0.759 e. The minimum absolute atomic E-state index is 0.310. The standard InChI is InChI=1S/C4H4N2S2/c7-3-4(8)6-2-1-5-3/h1-3,7H/p-1. The van der Waals surface area contributed by atoms with Crippen molar-refractivity contribution in [1.29, 1.82) is 0 Å². The zero-order chi connectivity index (χ0) is 5.98. The normalized spacial score (nSPS) is 26.6. The van der Waals surface area contributed by atoms with E-state index in [9.17, 15) is 0 Å². The van der Waals surface area contributed by atoms with E-state index in [-0.39, 0.29) is 5.37 Å². The van der Waals surface area contributed by atoms with E-state index >= 15 is 0 Å². The van der Waals surface area contributed by atoms with Crippen LogP contribution in [0.15, 0.2) is 9.98 Å². The van der Waals surface area contributed by atoms with Gasteiger partial charge in [0.05, 0.1) is 0 Å². The zero-order valence-electron chi connectivity index (χ0n) is 3.94. The first kappa shape index (κ1) is 5.91. The van der Waals surface area contributed by atoms with Crippen LogP contribution in [0.2, 0.25) is 0 Å². The van der Waals surface area contributed by atoms with E-state index in [1.165, 1.54) is 0 Å². The molecular formula is C4H3N2S2-. The lowest BCUT2D eigenvalue weighted by Gasteiger charge is -2.16. The molecule has 0 aromatic carbocycles. The van der Waals surface area contributed by atoms with E-state index in [0.717, 1.165) is 0 Å². The monoisotopic (exact) mass is 143 g/mol. The maximum Gasteiger partial charge on any atom is 0.103 e. The summed E-state index contributed by atoms with van der Waals surface area (Å²) in [5.74, 6) is 0. The molecule has 0 spiro atoms. The van der Waals surface area contributed by atoms with E-state index in [0.29, 0.717) is 4.99 Å². The molecule has 0 aliphatic carbocycles. The van der Waals surface area contributed by atoms with Crippen LogP contribution in [0.3, 0.4) is 0 Å². The van der Waals surface area contributed by atoms with Crippen LogP contribution < -0.4 is 0 Å². The summed E-state index contributed by atoms with van der Waals surface area (Å²) >= 11 is 9.47. The third-order valence-corrected chi connectivity index (χ3v) is 1.52. The molecule has 0 aromatic rings. The molecule has 1 rings (SSSR count). The smallest absolute Gasteiger partial charge is 0.103 e. The molecular weight excluding hydrogens is 140 g/mol. The summed E-state index contributed by atoms with van der Waals surface area (Å²) in [7, 11) is 0. The highest BCUT2D eigenvalue weighted by Crippen LogP contribution is 1.95. The molecule has 1 heterocycles. The van der Waals surface area contributed by atoms with Crippen molar-refractivity contribution in [2.75, 3.05) is 0 Å². The average Bonchev–Trinajstić information content (AvgIpc) is 1.77. The van der Waals surface area contributed by atoms with Crippen molar-refractivity contribution in [3.8, 4) is 0 Å². The van der Waals surface area contributed by atoms with Gasteiger partial charge in [-0.3, -0.25) is 0 Å². The van der Waals surface area contributed by atoms with Crippen molar-refractivity contribution in [2.45, 2.75) is 5.37 Å². The van der Waals surface area contributed by atoms with Gasteiger partial charge in [0.1, 0.15) is 4.99 Å². The first-order chi connectivity index (χ1) is 3.80. The topological polar surface area (TPSA) is 24.7 Å². The number of rotatable bonds is 0. The first-order valence-corrected chi connectivity index (χ1v) is 2.94. The van der Waals surface area contributed by atoms with Gasteiger partial charge in [-0.1, -0.05) is 12.2 Å². The van der Waals surface area contributed by atoms with E-state index in [1.807, 2.05) is 0 Å². The molecule has 1 aliphatic heterocycles. The number of thiocarbonyl (C=S) groups is 1. The Morgan fingerprint density at radius 2 is 2.38 bits per heavy atom. The number of nitrogens with zero attached hydrogens (tertiary/aromatic N) is 2. The van der Waals surface area contributed by atoms with Gasteiger partial charge in [-0.15, -0.1) is 0 Å². The maximum atomic E-state index is 4.76. The van der Waals surface area contributed by atoms with E-state index in [2.05, 4.69) is 9.98 Å². The molecule has 1 atom stereocenters. The van der Waals surface area contributed by atoms with Crippen LogP contribution in [0.1, 0.15) is 0 Å². The molecule has 0 aromatic heterocycles. The van der Waals surface area contributed by atoms with Crippen LogP contribution in [0.25, 0.3) is 0 Å². The second-order valence-electron chi connectivity index (χ2n) is 1.27. The zero-order valence-corrected chi connectivity index (χ0v) is 5.58. The molecule has 42 valence electrons. The predicted molar refractivity (Wildman–Crippen MR) is 40.7 cm³/mol. The Kier molecular flexibility index (Phi) is 1.75. The highest BCUT2D eigenvalue weighted by molar-refractivity contribution is 7.82. The van der Waals surface area contributed by atoms with Gasteiger partial charge in [0.15, 0.2) is 0 Å². The molecule has 4 heteroatoms. The average molecular weight is 143 g/mol. The molecule has 0 fully saturated rings. The molecule has 0 bridgehead atoms. The summed E-state index contributed by atoms with van der Waals surface area (Å²) in [6, 6.07) is 0. The molecule has 1 unspecified atom stereocenters. The Morgan fingerprint density at radius 1 is 1.62 bits per heavy atom. The highest BCUT2D eigenvalue weighted by atomic mass is 32.1. The first-order valence-electron chi connectivity index (χ1n) is 2.06. The minimum Gasteiger partial charge on any atom is -0.759 e. The third-order valence-electron chi connectivity index (χ3n) is 0.701. The number of aliphatic imine (C=N–C) groups is 2. The SMILES string of the molecule is S=C1N=CC=NC1[S-]. The second-order valence-corrected chi connectivity index (χ2v) is 2.13. The molecule has 8 heavy (non-hydrogen) atoms. The van der Waals surface area contributed by atoms with Crippen molar-refractivity contribution in [3.63, 3.8) is 0 Å². The van der Waals surface area contributed by atoms with Crippen LogP contribution in [0, 0.1) is 0 Å². The minimum atomic E-state index is -0.310. The van der Waals surface area contributed by atoms with Crippen LogP contribution in [-0.2, 0) is 12.6 Å². The maximum absolute atomic E-state index is 4.76. The fourth-order valence-corrected chi connectivity index (χ4v) is 0.604. The van der Waals surface area contributed by atoms with Gasteiger partial charge in [0, 0.05) is 12.4 Å². The van der Waals surface area contributed by atoms with Gasteiger partial charge in [-0.2, -0.15) is 0 Å². The third kappa shape index (κ3) is 1.14.